The molecule has 3 aromatic rings. The van der Waals surface area contributed by atoms with Crippen LogP contribution in [-0.2, 0) is 6.54 Å². The van der Waals surface area contributed by atoms with Crippen LogP contribution in [0.5, 0.6) is 0 Å². The minimum absolute atomic E-state index is 0.0609. The van der Waals surface area contributed by atoms with Gasteiger partial charge in [-0.25, -0.2) is 4.68 Å². The first-order valence-corrected chi connectivity index (χ1v) is 10.0. The number of nitrogens with zero attached hydrogens (tertiary/aromatic N) is 4. The van der Waals surface area contributed by atoms with Crippen molar-refractivity contribution in [1.29, 1.82) is 0 Å². The second kappa shape index (κ2) is 10.2. The average Bonchev–Trinajstić information content (AvgIpc) is 3.11. The Morgan fingerprint density at radius 1 is 1.10 bits per heavy atom. The molecule has 2 aromatic carbocycles. The van der Waals surface area contributed by atoms with Gasteiger partial charge in [0.2, 0.25) is 0 Å². The van der Waals surface area contributed by atoms with Gasteiger partial charge in [-0.15, -0.1) is 0 Å². The molecule has 31 heavy (non-hydrogen) atoms. The summed E-state index contributed by atoms with van der Waals surface area (Å²) in [6.45, 7) is 5.65. The minimum atomic E-state index is -0.392. The van der Waals surface area contributed by atoms with E-state index in [4.69, 9.17) is 0 Å². The van der Waals surface area contributed by atoms with Crippen molar-refractivity contribution in [2.45, 2.75) is 20.4 Å². The summed E-state index contributed by atoms with van der Waals surface area (Å²) in [7, 11) is 1.71. The van der Waals surface area contributed by atoms with Gasteiger partial charge in [-0.3, -0.25) is 15.1 Å². The van der Waals surface area contributed by atoms with Crippen LogP contribution in [-0.4, -0.2) is 40.8 Å². The standard InChI is InChI=1S/C22H27N7O2/c1-16-14-17(2)28(27-16)20-10-6-4-8-18(20)15-26-22(23-3)25-13-12-24-19-9-5-7-11-21(19)29(30)31/h4-11,14,24H,12-13,15H2,1-3H3,(H2,23,25,26). The quantitative estimate of drug-likeness (QED) is 0.169. The zero-order valence-corrected chi connectivity index (χ0v) is 17.9. The second-order valence-electron chi connectivity index (χ2n) is 7.02. The number of rotatable bonds is 8. The van der Waals surface area contributed by atoms with E-state index in [0.717, 1.165) is 22.6 Å². The molecule has 0 spiro atoms. The first kappa shape index (κ1) is 21.8. The van der Waals surface area contributed by atoms with E-state index in [1.807, 2.05) is 36.7 Å². The molecule has 9 nitrogen and oxygen atoms in total. The van der Waals surface area contributed by atoms with E-state index in [-0.39, 0.29) is 5.69 Å². The molecule has 0 saturated carbocycles. The highest BCUT2D eigenvalue weighted by molar-refractivity contribution is 5.79. The highest BCUT2D eigenvalue weighted by Gasteiger charge is 2.12. The molecule has 162 valence electrons. The van der Waals surface area contributed by atoms with Gasteiger partial charge < -0.3 is 16.0 Å². The molecule has 0 atom stereocenters. The lowest BCUT2D eigenvalue weighted by Gasteiger charge is -2.15. The first-order valence-electron chi connectivity index (χ1n) is 10.0. The summed E-state index contributed by atoms with van der Waals surface area (Å²) in [5.41, 5.74) is 4.73. The van der Waals surface area contributed by atoms with Gasteiger partial charge in [0, 0.05) is 38.4 Å². The topological polar surface area (TPSA) is 109 Å². The summed E-state index contributed by atoms with van der Waals surface area (Å²) in [5.74, 6) is 0.646. The number of guanidine groups is 1. The van der Waals surface area contributed by atoms with Gasteiger partial charge in [0.05, 0.1) is 16.3 Å². The number of nitro benzene ring substituents is 1. The van der Waals surface area contributed by atoms with Crippen LogP contribution in [0.2, 0.25) is 0 Å². The molecule has 9 heteroatoms. The van der Waals surface area contributed by atoms with Gasteiger partial charge >= 0.3 is 0 Å². The van der Waals surface area contributed by atoms with E-state index in [0.29, 0.717) is 31.3 Å². The molecule has 0 aliphatic rings. The number of aliphatic imine (C=N–C) groups is 1. The molecule has 0 amide bonds. The summed E-state index contributed by atoms with van der Waals surface area (Å²) in [5, 5.41) is 25.3. The lowest BCUT2D eigenvalue weighted by atomic mass is 10.1. The SMILES string of the molecule is CN=C(NCCNc1ccccc1[N+](=O)[O-])NCc1ccccc1-n1nc(C)cc1C. The Morgan fingerprint density at radius 3 is 2.55 bits per heavy atom. The third-order valence-electron chi connectivity index (χ3n) is 4.73. The van der Waals surface area contributed by atoms with E-state index in [2.05, 4.69) is 38.2 Å². The fourth-order valence-corrected chi connectivity index (χ4v) is 3.30. The van der Waals surface area contributed by atoms with E-state index < -0.39 is 4.92 Å². The summed E-state index contributed by atoms with van der Waals surface area (Å²) in [6.07, 6.45) is 0. The average molecular weight is 422 g/mol. The third kappa shape index (κ3) is 5.59. The van der Waals surface area contributed by atoms with Gasteiger partial charge in [-0.05, 0) is 37.6 Å². The van der Waals surface area contributed by atoms with Crippen LogP contribution in [0.3, 0.4) is 0 Å². The van der Waals surface area contributed by atoms with Crippen LogP contribution in [0, 0.1) is 24.0 Å². The van der Waals surface area contributed by atoms with Gasteiger partial charge in [-0.2, -0.15) is 5.10 Å². The van der Waals surface area contributed by atoms with Crippen molar-refractivity contribution in [3.05, 3.63) is 81.7 Å². The predicted molar refractivity (Wildman–Crippen MR) is 123 cm³/mol. The maximum Gasteiger partial charge on any atom is 0.292 e. The van der Waals surface area contributed by atoms with Crippen LogP contribution in [0.15, 0.2) is 59.6 Å². The van der Waals surface area contributed by atoms with Crippen molar-refractivity contribution >= 4 is 17.3 Å². The fourth-order valence-electron chi connectivity index (χ4n) is 3.30. The fraction of sp³-hybridized carbons (Fsp3) is 0.273. The number of hydrogen-bond acceptors (Lipinski definition) is 5. The minimum Gasteiger partial charge on any atom is -0.378 e. The molecular formula is C22H27N7O2. The highest BCUT2D eigenvalue weighted by atomic mass is 16.6. The highest BCUT2D eigenvalue weighted by Crippen LogP contribution is 2.22. The first-order chi connectivity index (χ1) is 15.0. The van der Waals surface area contributed by atoms with Gasteiger partial charge in [0.1, 0.15) is 5.69 Å². The van der Waals surface area contributed by atoms with Crippen molar-refractivity contribution in [3.63, 3.8) is 0 Å². The van der Waals surface area contributed by atoms with E-state index in [1.54, 1.807) is 25.2 Å². The molecule has 0 radical (unpaired) electrons. The number of aromatic nitrogens is 2. The zero-order chi connectivity index (χ0) is 22.2. The second-order valence-corrected chi connectivity index (χ2v) is 7.02. The van der Waals surface area contributed by atoms with Crippen LogP contribution >= 0.6 is 0 Å². The summed E-state index contributed by atoms with van der Waals surface area (Å²) >= 11 is 0. The Kier molecular flexibility index (Phi) is 7.21. The van der Waals surface area contributed by atoms with Crippen LogP contribution in [0.4, 0.5) is 11.4 Å². The van der Waals surface area contributed by atoms with Crippen LogP contribution < -0.4 is 16.0 Å². The molecule has 0 aliphatic carbocycles. The summed E-state index contributed by atoms with van der Waals surface area (Å²) < 4.78 is 1.94. The molecular weight excluding hydrogens is 394 g/mol. The van der Waals surface area contributed by atoms with E-state index in [1.165, 1.54) is 6.07 Å². The zero-order valence-electron chi connectivity index (χ0n) is 17.9. The van der Waals surface area contributed by atoms with Crippen LogP contribution in [0.25, 0.3) is 5.69 Å². The number of benzene rings is 2. The normalized spacial score (nSPS) is 11.3. The molecule has 0 aliphatic heterocycles. The Balaban J connectivity index is 1.55. The number of aryl methyl sites for hydroxylation is 2. The number of nitro groups is 1. The Morgan fingerprint density at radius 2 is 1.84 bits per heavy atom. The van der Waals surface area contributed by atoms with E-state index in [9.17, 15) is 10.1 Å². The molecule has 1 heterocycles. The van der Waals surface area contributed by atoms with Crippen molar-refractivity contribution < 1.29 is 4.92 Å². The Bertz CT molecular complexity index is 1080. The third-order valence-corrected chi connectivity index (χ3v) is 4.73. The van der Waals surface area contributed by atoms with Crippen molar-refractivity contribution in [1.82, 2.24) is 20.4 Å². The number of hydrogen-bond donors (Lipinski definition) is 3. The summed E-state index contributed by atoms with van der Waals surface area (Å²) in [4.78, 5) is 15.0. The largest absolute Gasteiger partial charge is 0.378 e. The summed E-state index contributed by atoms with van der Waals surface area (Å²) in [6, 6.07) is 16.7. The number of para-hydroxylation sites is 3. The maximum atomic E-state index is 11.1. The molecule has 0 saturated heterocycles. The Labute approximate surface area is 181 Å². The lowest BCUT2D eigenvalue weighted by molar-refractivity contribution is -0.384. The van der Waals surface area contributed by atoms with Crippen LogP contribution in [0.1, 0.15) is 17.0 Å². The smallest absolute Gasteiger partial charge is 0.292 e. The molecule has 1 aromatic heterocycles. The van der Waals surface area contributed by atoms with Gasteiger partial charge in [-0.1, -0.05) is 30.3 Å². The lowest BCUT2D eigenvalue weighted by Crippen LogP contribution is -2.39. The molecule has 0 unspecified atom stereocenters. The predicted octanol–water partition coefficient (Wildman–Crippen LogP) is 3.17. The van der Waals surface area contributed by atoms with Gasteiger partial charge in [0.15, 0.2) is 5.96 Å². The van der Waals surface area contributed by atoms with Gasteiger partial charge in [0.25, 0.3) is 5.69 Å². The monoisotopic (exact) mass is 421 g/mol. The maximum absolute atomic E-state index is 11.1. The number of nitrogens with one attached hydrogen (secondary N) is 3. The van der Waals surface area contributed by atoms with Crippen molar-refractivity contribution in [2.24, 2.45) is 4.99 Å². The van der Waals surface area contributed by atoms with E-state index >= 15 is 0 Å². The Hall–Kier alpha value is -3.88. The molecule has 3 N–H and O–H groups in total. The van der Waals surface area contributed by atoms with Crippen molar-refractivity contribution in [2.75, 3.05) is 25.5 Å². The van der Waals surface area contributed by atoms with Crippen molar-refractivity contribution in [3.8, 4) is 5.69 Å². The molecule has 0 fully saturated rings. The molecule has 3 rings (SSSR count). The molecule has 0 bridgehead atoms. The number of anilines is 1.